The molecule has 1 aromatic carbocycles. The Morgan fingerprint density at radius 3 is 2.12 bits per heavy atom. The first-order valence-electron chi connectivity index (χ1n) is 5.12. The van der Waals surface area contributed by atoms with Crippen LogP contribution in [0.1, 0.15) is 31.2 Å². The summed E-state index contributed by atoms with van der Waals surface area (Å²) in [5.41, 5.74) is -0.0730. The summed E-state index contributed by atoms with van der Waals surface area (Å²) in [6.07, 6.45) is 0.529. The molecule has 0 heterocycles. The molecule has 0 amide bonds. The third-order valence-corrected chi connectivity index (χ3v) is 2.68. The lowest BCUT2D eigenvalue weighted by molar-refractivity contribution is 0.404. The Morgan fingerprint density at radius 2 is 1.75 bits per heavy atom. The summed E-state index contributed by atoms with van der Waals surface area (Å²) in [5, 5.41) is -0.647. The molecule has 0 N–H and O–H groups in total. The van der Waals surface area contributed by atoms with Crippen molar-refractivity contribution in [3.05, 3.63) is 29.3 Å². The van der Waals surface area contributed by atoms with E-state index >= 15 is 0 Å². The highest BCUT2D eigenvalue weighted by Crippen LogP contribution is 2.33. The number of methoxy groups -OCH3 is 1. The number of alkyl halides is 1. The molecule has 0 fully saturated rings. The molecule has 4 heteroatoms. The fraction of sp³-hybridized carbons (Fsp3) is 0.500. The zero-order valence-electron chi connectivity index (χ0n) is 9.56. The van der Waals surface area contributed by atoms with Crippen LogP contribution in [-0.2, 0) is 0 Å². The molecule has 0 radical (unpaired) electrons. The Balaban J connectivity index is 3.04. The van der Waals surface area contributed by atoms with E-state index in [0.29, 0.717) is 6.42 Å². The summed E-state index contributed by atoms with van der Waals surface area (Å²) in [7, 11) is 1.36. The van der Waals surface area contributed by atoms with Gasteiger partial charge in [-0.25, -0.2) is 8.78 Å². The first kappa shape index (κ1) is 13.2. The molecule has 90 valence electrons. The van der Waals surface area contributed by atoms with Gasteiger partial charge in [-0.15, -0.1) is 11.6 Å². The molecule has 0 aliphatic carbocycles. The first-order chi connectivity index (χ1) is 7.45. The van der Waals surface area contributed by atoms with Gasteiger partial charge in [0.05, 0.1) is 12.5 Å². The van der Waals surface area contributed by atoms with Gasteiger partial charge in [-0.1, -0.05) is 13.8 Å². The minimum Gasteiger partial charge on any atom is -0.497 e. The van der Waals surface area contributed by atoms with E-state index in [1.807, 2.05) is 13.8 Å². The fourth-order valence-electron chi connectivity index (χ4n) is 1.51. The molecule has 1 atom stereocenters. The van der Waals surface area contributed by atoms with Crippen molar-refractivity contribution in [1.29, 1.82) is 0 Å². The van der Waals surface area contributed by atoms with Crippen molar-refractivity contribution < 1.29 is 13.5 Å². The predicted octanol–water partition coefficient (Wildman–Crippen LogP) is 4.30. The van der Waals surface area contributed by atoms with Crippen LogP contribution in [0.15, 0.2) is 12.1 Å². The van der Waals surface area contributed by atoms with E-state index in [0.717, 1.165) is 12.1 Å². The summed E-state index contributed by atoms with van der Waals surface area (Å²) in [4.78, 5) is 0. The van der Waals surface area contributed by atoms with E-state index in [1.165, 1.54) is 7.11 Å². The molecule has 0 saturated carbocycles. The molecule has 1 nitrogen and oxygen atoms in total. The lowest BCUT2D eigenvalue weighted by Crippen LogP contribution is -2.03. The summed E-state index contributed by atoms with van der Waals surface area (Å²) >= 11 is 5.99. The van der Waals surface area contributed by atoms with E-state index in [9.17, 15) is 8.78 Å². The van der Waals surface area contributed by atoms with E-state index in [-0.39, 0.29) is 17.2 Å². The van der Waals surface area contributed by atoms with Crippen LogP contribution in [0.5, 0.6) is 5.75 Å². The van der Waals surface area contributed by atoms with Gasteiger partial charge in [0.1, 0.15) is 17.4 Å². The smallest absolute Gasteiger partial charge is 0.134 e. The van der Waals surface area contributed by atoms with Crippen LogP contribution in [-0.4, -0.2) is 7.11 Å². The highest BCUT2D eigenvalue weighted by molar-refractivity contribution is 6.20. The molecular weight excluding hydrogens is 234 g/mol. The summed E-state index contributed by atoms with van der Waals surface area (Å²) in [6, 6.07) is 2.29. The second-order valence-electron chi connectivity index (χ2n) is 4.10. The molecule has 0 aliphatic rings. The largest absolute Gasteiger partial charge is 0.497 e. The maximum atomic E-state index is 13.6. The number of hydrogen-bond acceptors (Lipinski definition) is 1. The zero-order valence-corrected chi connectivity index (χ0v) is 10.3. The number of rotatable bonds is 4. The molecule has 0 saturated heterocycles. The average molecular weight is 249 g/mol. The average Bonchev–Trinajstić information content (AvgIpc) is 2.15. The zero-order chi connectivity index (χ0) is 12.3. The van der Waals surface area contributed by atoms with Crippen molar-refractivity contribution >= 4 is 11.6 Å². The van der Waals surface area contributed by atoms with Gasteiger partial charge in [0.15, 0.2) is 0 Å². The van der Waals surface area contributed by atoms with E-state index in [1.54, 1.807) is 0 Å². The van der Waals surface area contributed by atoms with Crippen LogP contribution in [0.4, 0.5) is 8.78 Å². The van der Waals surface area contributed by atoms with Gasteiger partial charge in [0.25, 0.3) is 0 Å². The van der Waals surface area contributed by atoms with Crippen molar-refractivity contribution in [3.8, 4) is 5.75 Å². The molecule has 0 aromatic heterocycles. The highest BCUT2D eigenvalue weighted by atomic mass is 35.5. The van der Waals surface area contributed by atoms with Crippen LogP contribution < -0.4 is 4.74 Å². The lowest BCUT2D eigenvalue weighted by atomic mass is 10.0. The van der Waals surface area contributed by atoms with Crippen LogP contribution in [0.2, 0.25) is 0 Å². The number of ether oxygens (including phenoxy) is 1. The number of benzene rings is 1. The molecule has 1 aromatic rings. The number of halogens is 3. The van der Waals surface area contributed by atoms with Crippen molar-refractivity contribution in [3.63, 3.8) is 0 Å². The fourth-order valence-corrected chi connectivity index (χ4v) is 2.07. The van der Waals surface area contributed by atoms with Crippen molar-refractivity contribution in [2.24, 2.45) is 5.92 Å². The van der Waals surface area contributed by atoms with E-state index in [2.05, 4.69) is 0 Å². The maximum absolute atomic E-state index is 13.6. The van der Waals surface area contributed by atoms with Gasteiger partial charge in [-0.2, -0.15) is 0 Å². The molecule has 0 bridgehead atoms. The van der Waals surface area contributed by atoms with Gasteiger partial charge in [0, 0.05) is 17.7 Å². The minimum atomic E-state index is -0.655. The van der Waals surface area contributed by atoms with Crippen LogP contribution >= 0.6 is 11.6 Å². The van der Waals surface area contributed by atoms with Gasteiger partial charge < -0.3 is 4.74 Å². The normalized spacial score (nSPS) is 12.9. The van der Waals surface area contributed by atoms with Gasteiger partial charge in [-0.3, -0.25) is 0 Å². The second-order valence-corrected chi connectivity index (χ2v) is 4.63. The number of hydrogen-bond donors (Lipinski definition) is 0. The molecule has 0 aliphatic heterocycles. The van der Waals surface area contributed by atoms with Crippen LogP contribution in [0.25, 0.3) is 0 Å². The molecular formula is C12H15ClF2O. The topological polar surface area (TPSA) is 9.23 Å². The SMILES string of the molecule is COc1cc(F)c(C(Cl)CC(C)C)c(F)c1. The molecule has 1 rings (SSSR count). The highest BCUT2D eigenvalue weighted by Gasteiger charge is 2.20. The Bertz CT molecular complexity index is 343. The minimum absolute atomic E-state index is 0.0730. The van der Waals surface area contributed by atoms with Crippen molar-refractivity contribution in [2.45, 2.75) is 25.6 Å². The van der Waals surface area contributed by atoms with Gasteiger partial charge in [-0.05, 0) is 12.3 Å². The van der Waals surface area contributed by atoms with Crippen molar-refractivity contribution in [2.75, 3.05) is 7.11 Å². The Hall–Kier alpha value is -0.830. The summed E-state index contributed by atoms with van der Waals surface area (Å²) in [5.74, 6) is -0.870. The Kier molecular flexibility index (Phi) is 4.54. The summed E-state index contributed by atoms with van der Waals surface area (Å²) in [6.45, 7) is 3.91. The Morgan fingerprint density at radius 1 is 1.25 bits per heavy atom. The third kappa shape index (κ3) is 3.08. The summed E-state index contributed by atoms with van der Waals surface area (Å²) < 4.78 is 32.0. The van der Waals surface area contributed by atoms with E-state index in [4.69, 9.17) is 16.3 Å². The van der Waals surface area contributed by atoms with Crippen molar-refractivity contribution in [1.82, 2.24) is 0 Å². The third-order valence-electron chi connectivity index (χ3n) is 2.28. The standard InChI is InChI=1S/C12H15ClF2O/c1-7(2)4-9(13)12-10(14)5-8(16-3)6-11(12)15/h5-7,9H,4H2,1-3H3. The first-order valence-corrected chi connectivity index (χ1v) is 5.56. The van der Waals surface area contributed by atoms with E-state index < -0.39 is 17.0 Å². The van der Waals surface area contributed by atoms with Crippen LogP contribution in [0.3, 0.4) is 0 Å². The van der Waals surface area contributed by atoms with Gasteiger partial charge >= 0.3 is 0 Å². The molecule has 16 heavy (non-hydrogen) atoms. The molecule has 1 unspecified atom stereocenters. The maximum Gasteiger partial charge on any atom is 0.134 e. The Labute approximate surface area is 99.4 Å². The van der Waals surface area contributed by atoms with Crippen LogP contribution in [0, 0.1) is 17.6 Å². The monoisotopic (exact) mass is 248 g/mol. The lowest BCUT2D eigenvalue weighted by Gasteiger charge is -2.14. The van der Waals surface area contributed by atoms with Gasteiger partial charge in [0.2, 0.25) is 0 Å². The molecule has 0 spiro atoms. The quantitative estimate of drug-likeness (QED) is 0.722. The second kappa shape index (κ2) is 5.48. The predicted molar refractivity (Wildman–Crippen MR) is 61.0 cm³/mol.